The third-order valence-corrected chi connectivity index (χ3v) is 3.48. The molecule has 17 heavy (non-hydrogen) atoms. The van der Waals surface area contributed by atoms with Crippen LogP contribution in [0.2, 0.25) is 0 Å². The number of hydrogen-bond acceptors (Lipinski definition) is 3. The van der Waals surface area contributed by atoms with Gasteiger partial charge >= 0.3 is 0 Å². The van der Waals surface area contributed by atoms with Gasteiger partial charge in [-0.05, 0) is 37.1 Å². The van der Waals surface area contributed by atoms with Crippen molar-refractivity contribution in [2.45, 2.75) is 26.9 Å². The second kappa shape index (κ2) is 5.38. The molecule has 2 nitrogen and oxygen atoms in total. The molecule has 1 aromatic carbocycles. The number of aryl methyl sites for hydroxylation is 2. The Kier molecular flexibility index (Phi) is 3.86. The highest BCUT2D eigenvalue weighted by Gasteiger charge is 2.02. The predicted molar refractivity (Wildman–Crippen MR) is 68.5 cm³/mol. The monoisotopic (exact) mass is 250 g/mol. The molecular weight excluding hydrogens is 235 g/mol. The topological polar surface area (TPSA) is 24.9 Å². The van der Waals surface area contributed by atoms with E-state index in [0.29, 0.717) is 6.54 Å². The van der Waals surface area contributed by atoms with Crippen molar-refractivity contribution in [3.05, 3.63) is 51.2 Å². The van der Waals surface area contributed by atoms with Crippen LogP contribution in [0.25, 0.3) is 0 Å². The molecule has 1 heterocycles. The van der Waals surface area contributed by atoms with Crippen LogP contribution in [0, 0.1) is 19.7 Å². The minimum Gasteiger partial charge on any atom is -0.306 e. The van der Waals surface area contributed by atoms with E-state index in [-0.39, 0.29) is 5.82 Å². The average molecular weight is 250 g/mol. The molecule has 0 aliphatic carbocycles. The van der Waals surface area contributed by atoms with Crippen LogP contribution in [-0.2, 0) is 13.1 Å². The fourth-order valence-electron chi connectivity index (χ4n) is 1.62. The van der Waals surface area contributed by atoms with Crippen molar-refractivity contribution in [2.75, 3.05) is 0 Å². The number of benzene rings is 1. The first-order valence-corrected chi connectivity index (χ1v) is 6.34. The van der Waals surface area contributed by atoms with Gasteiger partial charge in [-0.25, -0.2) is 9.37 Å². The van der Waals surface area contributed by atoms with Crippen LogP contribution < -0.4 is 5.32 Å². The molecule has 0 bridgehead atoms. The molecule has 2 aromatic rings. The van der Waals surface area contributed by atoms with Crippen LogP contribution in [0.15, 0.2) is 24.4 Å². The van der Waals surface area contributed by atoms with Crippen LogP contribution >= 0.6 is 11.3 Å². The van der Waals surface area contributed by atoms with E-state index in [1.807, 2.05) is 20.0 Å². The summed E-state index contributed by atoms with van der Waals surface area (Å²) in [6.07, 6.45) is 1.87. The van der Waals surface area contributed by atoms with Crippen LogP contribution in [-0.4, -0.2) is 4.98 Å². The molecule has 0 saturated heterocycles. The van der Waals surface area contributed by atoms with Crippen molar-refractivity contribution in [3.8, 4) is 0 Å². The van der Waals surface area contributed by atoms with Gasteiger partial charge in [0.15, 0.2) is 0 Å². The lowest BCUT2D eigenvalue weighted by atomic mass is 10.1. The van der Waals surface area contributed by atoms with E-state index in [1.54, 1.807) is 23.5 Å². The van der Waals surface area contributed by atoms with Crippen LogP contribution in [0.4, 0.5) is 4.39 Å². The summed E-state index contributed by atoms with van der Waals surface area (Å²) in [5, 5.41) is 4.35. The van der Waals surface area contributed by atoms with Gasteiger partial charge in [-0.1, -0.05) is 6.07 Å². The summed E-state index contributed by atoms with van der Waals surface area (Å²) in [5.74, 6) is -0.183. The zero-order valence-electron chi connectivity index (χ0n) is 9.96. The van der Waals surface area contributed by atoms with Crippen molar-refractivity contribution in [3.63, 3.8) is 0 Å². The van der Waals surface area contributed by atoms with Crippen LogP contribution in [0.1, 0.15) is 21.0 Å². The van der Waals surface area contributed by atoms with E-state index < -0.39 is 0 Å². The Bertz CT molecular complexity index is 508. The fourth-order valence-corrected chi connectivity index (χ4v) is 2.37. The molecule has 0 aliphatic rings. The number of nitrogens with one attached hydrogen (secondary N) is 1. The minimum atomic E-state index is -0.183. The molecule has 0 aliphatic heterocycles. The third kappa shape index (κ3) is 3.35. The molecule has 1 N–H and O–H groups in total. The Hall–Kier alpha value is -1.26. The maximum atomic E-state index is 13.1. The first-order valence-electron chi connectivity index (χ1n) is 5.52. The maximum absolute atomic E-state index is 13.1. The van der Waals surface area contributed by atoms with Gasteiger partial charge in [0.1, 0.15) is 10.8 Å². The van der Waals surface area contributed by atoms with Gasteiger partial charge in [0.2, 0.25) is 0 Å². The van der Waals surface area contributed by atoms with Gasteiger partial charge in [0, 0.05) is 24.2 Å². The summed E-state index contributed by atoms with van der Waals surface area (Å²) >= 11 is 1.68. The van der Waals surface area contributed by atoms with E-state index in [0.717, 1.165) is 22.7 Å². The standard InChI is InChI=1S/C13H15FN2S/c1-9-3-4-12(14)5-11(9)7-15-8-13-16-6-10(2)17-13/h3-6,15H,7-8H2,1-2H3. The van der Waals surface area contributed by atoms with Crippen LogP contribution in [0.3, 0.4) is 0 Å². The molecule has 0 radical (unpaired) electrons. The van der Waals surface area contributed by atoms with Crippen molar-refractivity contribution >= 4 is 11.3 Å². The lowest BCUT2D eigenvalue weighted by Gasteiger charge is -2.06. The molecule has 0 amide bonds. The van der Waals surface area contributed by atoms with Gasteiger partial charge in [0.05, 0.1) is 0 Å². The van der Waals surface area contributed by atoms with Gasteiger partial charge in [-0.3, -0.25) is 0 Å². The largest absolute Gasteiger partial charge is 0.306 e. The van der Waals surface area contributed by atoms with Crippen molar-refractivity contribution in [2.24, 2.45) is 0 Å². The highest BCUT2D eigenvalue weighted by Crippen LogP contribution is 2.12. The number of thiazole rings is 1. The molecule has 2 rings (SSSR count). The Morgan fingerprint density at radius 3 is 2.82 bits per heavy atom. The molecule has 0 spiro atoms. The Labute approximate surface area is 105 Å². The number of aromatic nitrogens is 1. The first kappa shape index (κ1) is 12.2. The maximum Gasteiger partial charge on any atom is 0.123 e. The molecule has 90 valence electrons. The van der Waals surface area contributed by atoms with E-state index in [1.165, 1.54) is 10.9 Å². The summed E-state index contributed by atoms with van der Waals surface area (Å²) in [6, 6.07) is 4.87. The lowest BCUT2D eigenvalue weighted by molar-refractivity contribution is 0.618. The minimum absolute atomic E-state index is 0.183. The van der Waals surface area contributed by atoms with Crippen molar-refractivity contribution < 1.29 is 4.39 Å². The smallest absolute Gasteiger partial charge is 0.123 e. The second-order valence-electron chi connectivity index (χ2n) is 4.04. The van der Waals surface area contributed by atoms with Gasteiger partial charge in [-0.15, -0.1) is 11.3 Å². The average Bonchev–Trinajstić information content (AvgIpc) is 2.69. The SMILES string of the molecule is Cc1cnc(CNCc2cc(F)ccc2C)s1. The van der Waals surface area contributed by atoms with Crippen molar-refractivity contribution in [1.82, 2.24) is 10.3 Å². The number of halogens is 1. The highest BCUT2D eigenvalue weighted by atomic mass is 32.1. The zero-order chi connectivity index (χ0) is 12.3. The Balaban J connectivity index is 1.91. The number of hydrogen-bond donors (Lipinski definition) is 1. The molecule has 0 saturated carbocycles. The van der Waals surface area contributed by atoms with Crippen LogP contribution in [0.5, 0.6) is 0 Å². The van der Waals surface area contributed by atoms with E-state index >= 15 is 0 Å². The quantitative estimate of drug-likeness (QED) is 0.901. The molecule has 0 atom stereocenters. The molecule has 0 unspecified atom stereocenters. The van der Waals surface area contributed by atoms with Gasteiger partial charge in [0.25, 0.3) is 0 Å². The number of rotatable bonds is 4. The summed E-state index contributed by atoms with van der Waals surface area (Å²) in [7, 11) is 0. The van der Waals surface area contributed by atoms with Crippen molar-refractivity contribution in [1.29, 1.82) is 0 Å². The third-order valence-electron chi connectivity index (χ3n) is 2.57. The lowest BCUT2D eigenvalue weighted by Crippen LogP contribution is -2.13. The highest BCUT2D eigenvalue weighted by molar-refractivity contribution is 7.11. The Morgan fingerprint density at radius 2 is 2.12 bits per heavy atom. The normalized spacial score (nSPS) is 10.8. The predicted octanol–water partition coefficient (Wildman–Crippen LogP) is 3.19. The molecule has 4 heteroatoms. The van der Waals surface area contributed by atoms with E-state index in [4.69, 9.17) is 0 Å². The fraction of sp³-hybridized carbons (Fsp3) is 0.308. The summed E-state index contributed by atoms with van der Waals surface area (Å²) in [6.45, 7) is 5.43. The van der Waals surface area contributed by atoms with E-state index in [9.17, 15) is 4.39 Å². The summed E-state index contributed by atoms with van der Waals surface area (Å²) in [5.41, 5.74) is 2.10. The Morgan fingerprint density at radius 1 is 1.29 bits per heavy atom. The van der Waals surface area contributed by atoms with Gasteiger partial charge < -0.3 is 5.32 Å². The zero-order valence-corrected chi connectivity index (χ0v) is 10.8. The summed E-state index contributed by atoms with van der Waals surface area (Å²) in [4.78, 5) is 5.48. The summed E-state index contributed by atoms with van der Waals surface area (Å²) < 4.78 is 13.1. The molecular formula is C13H15FN2S. The van der Waals surface area contributed by atoms with E-state index in [2.05, 4.69) is 10.3 Å². The number of nitrogens with zero attached hydrogens (tertiary/aromatic N) is 1. The molecule has 1 aromatic heterocycles. The second-order valence-corrected chi connectivity index (χ2v) is 5.36. The molecule has 0 fully saturated rings. The first-order chi connectivity index (χ1) is 8.15. The van der Waals surface area contributed by atoms with Gasteiger partial charge in [-0.2, -0.15) is 0 Å².